The summed E-state index contributed by atoms with van der Waals surface area (Å²) in [6.07, 6.45) is 2.69. The van der Waals surface area contributed by atoms with Crippen LogP contribution in [0.2, 0.25) is 0 Å². The van der Waals surface area contributed by atoms with Gasteiger partial charge in [-0.1, -0.05) is 24.3 Å². The standard InChI is InChI=1S/C20H23NO4S/c1-25-12-13-26(23,24)19-10-7-16(8-11-19)20(22)21-18-9-6-15-4-2-3-5-17(15)14-18/h2-5,7-8,10-11,18H,6,9,12-14H2,1H3,(H,21,22). The summed E-state index contributed by atoms with van der Waals surface area (Å²) in [7, 11) is -1.92. The van der Waals surface area contributed by atoms with Gasteiger partial charge in [0.25, 0.3) is 5.91 Å². The second-order valence-corrected chi connectivity index (χ2v) is 8.63. The van der Waals surface area contributed by atoms with Crippen molar-refractivity contribution in [2.45, 2.75) is 30.2 Å². The van der Waals surface area contributed by atoms with E-state index in [0.717, 1.165) is 19.3 Å². The molecule has 0 saturated carbocycles. The van der Waals surface area contributed by atoms with Crippen LogP contribution in [-0.2, 0) is 27.4 Å². The highest BCUT2D eigenvalue weighted by molar-refractivity contribution is 7.91. The first-order valence-electron chi connectivity index (χ1n) is 8.69. The van der Waals surface area contributed by atoms with Crippen molar-refractivity contribution >= 4 is 15.7 Å². The maximum atomic E-state index is 12.5. The molecule has 1 unspecified atom stereocenters. The van der Waals surface area contributed by atoms with Crippen molar-refractivity contribution in [3.8, 4) is 0 Å². The van der Waals surface area contributed by atoms with Crippen LogP contribution < -0.4 is 5.32 Å². The predicted molar refractivity (Wildman–Crippen MR) is 100 cm³/mol. The van der Waals surface area contributed by atoms with Gasteiger partial charge in [0.2, 0.25) is 0 Å². The zero-order chi connectivity index (χ0) is 18.6. The number of methoxy groups -OCH3 is 1. The third-order valence-corrected chi connectivity index (χ3v) is 6.41. The average molecular weight is 373 g/mol. The van der Waals surface area contributed by atoms with Crippen molar-refractivity contribution in [2.75, 3.05) is 19.5 Å². The van der Waals surface area contributed by atoms with Gasteiger partial charge in [0.05, 0.1) is 17.3 Å². The summed E-state index contributed by atoms with van der Waals surface area (Å²) in [5.41, 5.74) is 3.10. The molecule has 0 radical (unpaired) electrons. The molecule has 3 rings (SSSR count). The van der Waals surface area contributed by atoms with E-state index in [1.54, 1.807) is 12.1 Å². The lowest BCUT2D eigenvalue weighted by Gasteiger charge is -2.25. The van der Waals surface area contributed by atoms with E-state index in [9.17, 15) is 13.2 Å². The molecule has 0 bridgehead atoms. The van der Waals surface area contributed by atoms with Gasteiger partial charge in [-0.15, -0.1) is 0 Å². The number of ether oxygens (including phenoxy) is 1. The largest absolute Gasteiger partial charge is 0.384 e. The van der Waals surface area contributed by atoms with Crippen molar-refractivity contribution in [1.82, 2.24) is 5.32 Å². The summed E-state index contributed by atoms with van der Waals surface area (Å²) in [6, 6.07) is 14.5. The summed E-state index contributed by atoms with van der Waals surface area (Å²) >= 11 is 0. The molecule has 6 heteroatoms. The molecule has 1 amide bonds. The van der Waals surface area contributed by atoms with Crippen LogP contribution in [0.4, 0.5) is 0 Å². The van der Waals surface area contributed by atoms with Crippen molar-refractivity contribution in [3.63, 3.8) is 0 Å². The molecule has 0 aromatic heterocycles. The van der Waals surface area contributed by atoms with Crippen molar-refractivity contribution in [3.05, 3.63) is 65.2 Å². The Kier molecular flexibility index (Phi) is 5.74. The molecule has 1 aliphatic carbocycles. The van der Waals surface area contributed by atoms with Crippen LogP contribution >= 0.6 is 0 Å². The van der Waals surface area contributed by atoms with E-state index in [1.165, 1.54) is 30.4 Å². The number of carbonyl (C=O) groups is 1. The normalized spacial score (nSPS) is 16.7. The van der Waals surface area contributed by atoms with E-state index >= 15 is 0 Å². The summed E-state index contributed by atoms with van der Waals surface area (Å²) in [5.74, 6) is -0.244. The lowest BCUT2D eigenvalue weighted by atomic mass is 9.88. The Bertz CT molecular complexity index is 875. The highest BCUT2D eigenvalue weighted by Crippen LogP contribution is 2.21. The second kappa shape index (κ2) is 8.01. The fourth-order valence-corrected chi connectivity index (χ4v) is 4.39. The SMILES string of the molecule is COCCS(=O)(=O)c1ccc(C(=O)NC2CCc3ccccc3C2)cc1. The first-order chi connectivity index (χ1) is 12.5. The molecule has 0 spiro atoms. The van der Waals surface area contributed by atoms with Gasteiger partial charge in [-0.2, -0.15) is 0 Å². The van der Waals surface area contributed by atoms with Crippen molar-refractivity contribution in [2.24, 2.45) is 0 Å². The molecule has 138 valence electrons. The van der Waals surface area contributed by atoms with Gasteiger partial charge in [0.15, 0.2) is 9.84 Å². The predicted octanol–water partition coefficient (Wildman–Crippen LogP) is 2.39. The molecule has 0 fully saturated rings. The first kappa shape index (κ1) is 18.6. The van der Waals surface area contributed by atoms with Gasteiger partial charge in [-0.05, 0) is 54.7 Å². The van der Waals surface area contributed by atoms with Gasteiger partial charge in [-0.25, -0.2) is 8.42 Å². The van der Waals surface area contributed by atoms with Crippen LogP contribution in [0.15, 0.2) is 53.4 Å². The molecule has 1 atom stereocenters. The van der Waals surface area contributed by atoms with Crippen LogP contribution in [-0.4, -0.2) is 39.8 Å². The van der Waals surface area contributed by atoms with E-state index in [1.807, 2.05) is 12.1 Å². The summed E-state index contributed by atoms with van der Waals surface area (Å²) in [5, 5.41) is 3.06. The van der Waals surface area contributed by atoms with Crippen LogP contribution in [0, 0.1) is 0 Å². The number of benzene rings is 2. The van der Waals surface area contributed by atoms with E-state index in [-0.39, 0.29) is 29.2 Å². The van der Waals surface area contributed by atoms with E-state index < -0.39 is 9.84 Å². The number of carbonyl (C=O) groups excluding carboxylic acids is 1. The van der Waals surface area contributed by atoms with Crippen molar-refractivity contribution in [1.29, 1.82) is 0 Å². The van der Waals surface area contributed by atoms with Gasteiger partial charge < -0.3 is 10.1 Å². The molecule has 2 aromatic carbocycles. The van der Waals surface area contributed by atoms with Crippen molar-refractivity contribution < 1.29 is 17.9 Å². The molecule has 1 N–H and O–H groups in total. The maximum Gasteiger partial charge on any atom is 0.251 e. The summed E-state index contributed by atoms with van der Waals surface area (Å²) < 4.78 is 29.1. The van der Waals surface area contributed by atoms with Gasteiger partial charge in [0, 0.05) is 18.7 Å². The minimum absolute atomic E-state index is 0.0729. The third kappa shape index (κ3) is 4.31. The number of aryl methyl sites for hydroxylation is 1. The van der Waals surface area contributed by atoms with E-state index in [4.69, 9.17) is 4.74 Å². The molecule has 2 aromatic rings. The van der Waals surface area contributed by atoms with Crippen LogP contribution in [0.5, 0.6) is 0 Å². The number of rotatable bonds is 6. The number of amides is 1. The third-order valence-electron chi connectivity index (χ3n) is 4.71. The Morgan fingerprint density at radius 2 is 1.81 bits per heavy atom. The quantitative estimate of drug-likeness (QED) is 0.844. The van der Waals surface area contributed by atoms with E-state index in [0.29, 0.717) is 5.56 Å². The Hall–Kier alpha value is -2.18. The zero-order valence-corrected chi connectivity index (χ0v) is 15.6. The van der Waals surface area contributed by atoms with Gasteiger partial charge in [0.1, 0.15) is 0 Å². The van der Waals surface area contributed by atoms with Crippen LogP contribution in [0.25, 0.3) is 0 Å². The number of fused-ring (bicyclic) bond motifs is 1. The Balaban J connectivity index is 1.64. The molecular weight excluding hydrogens is 350 g/mol. The highest BCUT2D eigenvalue weighted by atomic mass is 32.2. The highest BCUT2D eigenvalue weighted by Gasteiger charge is 2.21. The molecule has 1 aliphatic rings. The summed E-state index contributed by atoms with van der Waals surface area (Å²) in [4.78, 5) is 12.7. The lowest BCUT2D eigenvalue weighted by Crippen LogP contribution is -2.38. The molecular formula is C20H23NO4S. The molecule has 0 aliphatic heterocycles. The smallest absolute Gasteiger partial charge is 0.251 e. The van der Waals surface area contributed by atoms with Gasteiger partial charge >= 0.3 is 0 Å². The maximum absolute atomic E-state index is 12.5. The average Bonchev–Trinajstić information content (AvgIpc) is 2.66. The fraction of sp³-hybridized carbons (Fsp3) is 0.350. The minimum atomic E-state index is -3.38. The molecule has 0 heterocycles. The number of sulfone groups is 1. The van der Waals surface area contributed by atoms with Crippen LogP contribution in [0.1, 0.15) is 27.9 Å². The molecule has 0 saturated heterocycles. The second-order valence-electron chi connectivity index (χ2n) is 6.52. The Morgan fingerprint density at radius 1 is 1.12 bits per heavy atom. The zero-order valence-electron chi connectivity index (χ0n) is 14.8. The Morgan fingerprint density at radius 3 is 2.50 bits per heavy atom. The first-order valence-corrected chi connectivity index (χ1v) is 10.3. The monoisotopic (exact) mass is 373 g/mol. The molecule has 5 nitrogen and oxygen atoms in total. The van der Waals surface area contributed by atoms with E-state index in [2.05, 4.69) is 17.4 Å². The van der Waals surface area contributed by atoms with Gasteiger partial charge in [-0.3, -0.25) is 4.79 Å². The Labute approximate surface area is 154 Å². The number of nitrogens with one attached hydrogen (secondary N) is 1. The number of hydrogen-bond acceptors (Lipinski definition) is 4. The molecule has 26 heavy (non-hydrogen) atoms. The lowest BCUT2D eigenvalue weighted by molar-refractivity contribution is 0.0933. The van der Waals surface area contributed by atoms with Crippen LogP contribution in [0.3, 0.4) is 0 Å². The number of hydrogen-bond donors (Lipinski definition) is 1. The minimum Gasteiger partial charge on any atom is -0.384 e. The summed E-state index contributed by atoms with van der Waals surface area (Å²) in [6.45, 7) is 0.147. The fourth-order valence-electron chi connectivity index (χ4n) is 3.21. The topological polar surface area (TPSA) is 72.5 Å².